The van der Waals surface area contributed by atoms with Crippen LogP contribution >= 0.6 is 0 Å². The maximum Gasteiger partial charge on any atom is 0.315 e. The fourth-order valence-corrected chi connectivity index (χ4v) is 3.83. The molecule has 7 heteroatoms. The minimum Gasteiger partial charge on any atom is -0.371 e. The first kappa shape index (κ1) is 23.1. The third kappa shape index (κ3) is 6.48. The van der Waals surface area contributed by atoms with E-state index in [-0.39, 0.29) is 23.9 Å². The number of nitriles is 1. The topological polar surface area (TPSA) is 97.3 Å². The first-order valence-corrected chi connectivity index (χ1v) is 11.1. The molecule has 1 aliphatic rings. The van der Waals surface area contributed by atoms with Crippen molar-refractivity contribution >= 4 is 17.6 Å². The zero-order chi connectivity index (χ0) is 22.9. The Morgan fingerprint density at radius 2 is 1.72 bits per heavy atom. The lowest BCUT2D eigenvalue weighted by atomic mass is 10.0. The largest absolute Gasteiger partial charge is 0.371 e. The van der Waals surface area contributed by atoms with Gasteiger partial charge in [-0.1, -0.05) is 44.2 Å². The normalized spacial score (nSPS) is 15.0. The summed E-state index contributed by atoms with van der Waals surface area (Å²) in [7, 11) is 0. The van der Waals surface area contributed by atoms with E-state index in [1.54, 1.807) is 0 Å². The minimum atomic E-state index is -0.595. The van der Waals surface area contributed by atoms with E-state index in [1.807, 2.05) is 68.4 Å². The van der Waals surface area contributed by atoms with Crippen LogP contribution in [-0.2, 0) is 11.3 Å². The zero-order valence-corrected chi connectivity index (χ0v) is 18.7. The highest BCUT2D eigenvalue weighted by atomic mass is 16.2. The molecule has 1 aliphatic heterocycles. The van der Waals surface area contributed by atoms with Crippen molar-refractivity contribution in [3.8, 4) is 6.07 Å². The van der Waals surface area contributed by atoms with Gasteiger partial charge in [0.15, 0.2) is 0 Å². The summed E-state index contributed by atoms with van der Waals surface area (Å²) in [6.45, 7) is 5.92. The Hall–Kier alpha value is -3.53. The molecule has 1 fully saturated rings. The summed E-state index contributed by atoms with van der Waals surface area (Å²) < 4.78 is 0. The lowest BCUT2D eigenvalue weighted by Gasteiger charge is -2.35. The number of urea groups is 1. The van der Waals surface area contributed by atoms with Crippen LogP contribution in [0.4, 0.5) is 10.5 Å². The second kappa shape index (κ2) is 11.2. The molecule has 3 rings (SSSR count). The summed E-state index contributed by atoms with van der Waals surface area (Å²) >= 11 is 0. The van der Waals surface area contributed by atoms with Crippen molar-refractivity contribution in [2.45, 2.75) is 45.3 Å². The summed E-state index contributed by atoms with van der Waals surface area (Å²) in [6.07, 6.45) is 1.66. The van der Waals surface area contributed by atoms with Gasteiger partial charge in [0.25, 0.3) is 0 Å². The Morgan fingerprint density at radius 3 is 2.31 bits per heavy atom. The van der Waals surface area contributed by atoms with Crippen LogP contribution in [0.5, 0.6) is 0 Å². The van der Waals surface area contributed by atoms with Gasteiger partial charge in [-0.25, -0.2) is 4.79 Å². The quantitative estimate of drug-likeness (QED) is 0.625. The van der Waals surface area contributed by atoms with Gasteiger partial charge in [0, 0.05) is 31.4 Å². The predicted molar refractivity (Wildman–Crippen MR) is 125 cm³/mol. The Kier molecular flexibility index (Phi) is 8.09. The number of carbonyl (C=O) groups excluding carboxylic acids is 2. The van der Waals surface area contributed by atoms with E-state index in [0.29, 0.717) is 12.1 Å². The predicted octanol–water partition coefficient (Wildman–Crippen LogP) is 3.17. The molecule has 1 atom stereocenters. The average molecular weight is 434 g/mol. The maximum atomic E-state index is 12.9. The molecule has 0 radical (unpaired) electrons. The van der Waals surface area contributed by atoms with E-state index in [1.165, 1.54) is 0 Å². The SMILES string of the molecule is CC(C)C(NC(=O)NCc1ccccc1)C(=O)NC1CCN(c2ccc(C#N)cc2)CC1. The van der Waals surface area contributed by atoms with Crippen LogP contribution < -0.4 is 20.9 Å². The van der Waals surface area contributed by atoms with Crippen molar-refractivity contribution in [3.05, 3.63) is 65.7 Å². The van der Waals surface area contributed by atoms with Crippen LogP contribution in [-0.4, -0.2) is 37.1 Å². The molecule has 2 aromatic rings. The first-order chi connectivity index (χ1) is 15.5. The highest BCUT2D eigenvalue weighted by molar-refractivity contribution is 5.87. The molecule has 1 unspecified atom stereocenters. The van der Waals surface area contributed by atoms with E-state index >= 15 is 0 Å². The fourth-order valence-electron chi connectivity index (χ4n) is 3.83. The van der Waals surface area contributed by atoms with Crippen LogP contribution in [0, 0.1) is 17.2 Å². The molecule has 0 aliphatic carbocycles. The van der Waals surface area contributed by atoms with Crippen molar-refractivity contribution < 1.29 is 9.59 Å². The molecule has 168 valence electrons. The van der Waals surface area contributed by atoms with Gasteiger partial charge in [0.1, 0.15) is 6.04 Å². The smallest absolute Gasteiger partial charge is 0.315 e. The van der Waals surface area contributed by atoms with Gasteiger partial charge in [-0.05, 0) is 48.6 Å². The highest BCUT2D eigenvalue weighted by Gasteiger charge is 2.28. The summed E-state index contributed by atoms with van der Waals surface area (Å²) in [4.78, 5) is 27.5. The Labute approximate surface area is 189 Å². The molecule has 0 spiro atoms. The van der Waals surface area contributed by atoms with E-state index in [2.05, 4.69) is 26.9 Å². The Balaban J connectivity index is 1.47. The molecule has 2 aromatic carbocycles. The number of hydrogen-bond acceptors (Lipinski definition) is 4. The van der Waals surface area contributed by atoms with Crippen molar-refractivity contribution in [1.29, 1.82) is 5.26 Å². The number of amides is 3. The third-order valence-corrected chi connectivity index (χ3v) is 5.73. The standard InChI is InChI=1S/C25H31N5O2/c1-18(2)23(29-25(32)27-17-20-6-4-3-5-7-20)24(31)28-21-12-14-30(15-13-21)22-10-8-19(16-26)9-11-22/h3-11,18,21,23H,12-15,17H2,1-2H3,(H,28,31)(H2,27,29,32). The van der Waals surface area contributed by atoms with Crippen molar-refractivity contribution in [2.24, 2.45) is 5.92 Å². The minimum absolute atomic E-state index is 0.0313. The van der Waals surface area contributed by atoms with Gasteiger partial charge in [0.05, 0.1) is 11.6 Å². The average Bonchev–Trinajstić information content (AvgIpc) is 2.82. The van der Waals surface area contributed by atoms with E-state index in [4.69, 9.17) is 5.26 Å². The number of piperidine rings is 1. The van der Waals surface area contributed by atoms with Crippen LogP contribution in [0.3, 0.4) is 0 Å². The number of nitrogens with zero attached hydrogens (tertiary/aromatic N) is 2. The van der Waals surface area contributed by atoms with E-state index in [9.17, 15) is 9.59 Å². The zero-order valence-electron chi connectivity index (χ0n) is 18.7. The van der Waals surface area contributed by atoms with Gasteiger partial charge in [-0.3, -0.25) is 4.79 Å². The molecule has 1 saturated heterocycles. The number of carbonyl (C=O) groups is 2. The molecule has 3 N–H and O–H groups in total. The number of hydrogen-bond donors (Lipinski definition) is 3. The number of benzene rings is 2. The van der Waals surface area contributed by atoms with Crippen molar-refractivity contribution in [3.63, 3.8) is 0 Å². The second-order valence-corrected chi connectivity index (χ2v) is 8.46. The molecular formula is C25H31N5O2. The summed E-state index contributed by atoms with van der Waals surface area (Å²) in [5.74, 6) is -0.178. The lowest BCUT2D eigenvalue weighted by Crippen LogP contribution is -2.55. The Morgan fingerprint density at radius 1 is 1.06 bits per heavy atom. The monoisotopic (exact) mass is 433 g/mol. The molecule has 1 heterocycles. The van der Waals surface area contributed by atoms with Crippen LogP contribution in [0.25, 0.3) is 0 Å². The molecule has 0 bridgehead atoms. The molecule has 7 nitrogen and oxygen atoms in total. The fraction of sp³-hybridized carbons (Fsp3) is 0.400. The number of nitrogens with one attached hydrogen (secondary N) is 3. The van der Waals surface area contributed by atoms with E-state index < -0.39 is 6.04 Å². The third-order valence-electron chi connectivity index (χ3n) is 5.73. The lowest BCUT2D eigenvalue weighted by molar-refractivity contribution is -0.124. The van der Waals surface area contributed by atoms with Crippen molar-refractivity contribution in [2.75, 3.05) is 18.0 Å². The van der Waals surface area contributed by atoms with Crippen LogP contribution in [0.2, 0.25) is 0 Å². The molecule has 0 aromatic heterocycles. The molecule has 0 saturated carbocycles. The highest BCUT2D eigenvalue weighted by Crippen LogP contribution is 2.20. The molecule has 32 heavy (non-hydrogen) atoms. The Bertz CT molecular complexity index is 929. The maximum absolute atomic E-state index is 12.9. The number of anilines is 1. The summed E-state index contributed by atoms with van der Waals surface area (Å²) in [5.41, 5.74) is 2.74. The number of rotatable bonds is 7. The van der Waals surface area contributed by atoms with Gasteiger partial charge < -0.3 is 20.9 Å². The van der Waals surface area contributed by atoms with Crippen molar-refractivity contribution in [1.82, 2.24) is 16.0 Å². The summed E-state index contributed by atoms with van der Waals surface area (Å²) in [5, 5.41) is 17.7. The van der Waals surface area contributed by atoms with Gasteiger partial charge in [0.2, 0.25) is 5.91 Å². The van der Waals surface area contributed by atoms with E-state index in [0.717, 1.165) is 37.2 Å². The molecular weight excluding hydrogens is 402 g/mol. The van der Waals surface area contributed by atoms with Crippen LogP contribution in [0.1, 0.15) is 37.8 Å². The summed E-state index contributed by atoms with van der Waals surface area (Å²) in [6, 6.07) is 18.5. The first-order valence-electron chi connectivity index (χ1n) is 11.1. The second-order valence-electron chi connectivity index (χ2n) is 8.46. The molecule has 3 amide bonds. The van der Waals surface area contributed by atoms with Gasteiger partial charge in [-0.2, -0.15) is 5.26 Å². The van der Waals surface area contributed by atoms with Gasteiger partial charge in [-0.15, -0.1) is 0 Å². The van der Waals surface area contributed by atoms with Crippen LogP contribution in [0.15, 0.2) is 54.6 Å². The van der Waals surface area contributed by atoms with Gasteiger partial charge >= 0.3 is 6.03 Å².